The molecule has 0 bridgehead atoms. The Kier molecular flexibility index (Phi) is 5.09. The number of rotatable bonds is 1. The van der Waals surface area contributed by atoms with E-state index in [4.69, 9.17) is 5.73 Å². The molecule has 0 spiro atoms. The Labute approximate surface area is 74.8 Å². The minimum absolute atomic E-state index is 0.613. The van der Waals surface area contributed by atoms with E-state index in [2.05, 4.69) is 11.9 Å². The van der Waals surface area contributed by atoms with E-state index in [1.165, 1.54) is 5.56 Å². The van der Waals surface area contributed by atoms with Crippen LogP contribution in [0, 0.1) is 6.92 Å². The molecule has 0 saturated heterocycles. The van der Waals surface area contributed by atoms with Crippen LogP contribution in [0.4, 0.5) is 5.82 Å². The number of hydrogen-bond acceptors (Lipinski definition) is 2. The lowest BCUT2D eigenvalue weighted by atomic mass is 10.2. The molecule has 12 heavy (non-hydrogen) atoms. The van der Waals surface area contributed by atoms with E-state index in [0.29, 0.717) is 5.82 Å². The van der Waals surface area contributed by atoms with E-state index >= 15 is 0 Å². The smallest absolute Gasteiger partial charge is 0.123 e. The van der Waals surface area contributed by atoms with Gasteiger partial charge in [-0.3, -0.25) is 0 Å². The summed E-state index contributed by atoms with van der Waals surface area (Å²) >= 11 is 0. The van der Waals surface area contributed by atoms with Crippen molar-refractivity contribution >= 4 is 5.82 Å². The van der Waals surface area contributed by atoms with Gasteiger partial charge in [-0.2, -0.15) is 0 Å². The zero-order valence-corrected chi connectivity index (χ0v) is 8.39. The Balaban J connectivity index is 0.000000561. The van der Waals surface area contributed by atoms with Gasteiger partial charge in [0.2, 0.25) is 0 Å². The van der Waals surface area contributed by atoms with Crippen LogP contribution in [0.1, 0.15) is 32.0 Å². The average molecular weight is 166 g/mol. The van der Waals surface area contributed by atoms with Crippen molar-refractivity contribution < 1.29 is 0 Å². The minimum atomic E-state index is 0.613. The van der Waals surface area contributed by atoms with Gasteiger partial charge >= 0.3 is 0 Å². The second-order valence-corrected chi connectivity index (χ2v) is 2.35. The molecule has 0 fully saturated rings. The fourth-order valence-corrected chi connectivity index (χ4v) is 0.946. The third kappa shape index (κ3) is 2.91. The first-order chi connectivity index (χ1) is 5.74. The quantitative estimate of drug-likeness (QED) is 0.696. The number of nitrogens with zero attached hydrogens (tertiary/aromatic N) is 1. The molecule has 1 aromatic heterocycles. The summed E-state index contributed by atoms with van der Waals surface area (Å²) in [7, 11) is 0. The molecule has 0 atom stereocenters. The Bertz CT molecular complexity index is 231. The highest BCUT2D eigenvalue weighted by Crippen LogP contribution is 2.07. The Morgan fingerprint density at radius 3 is 2.33 bits per heavy atom. The summed E-state index contributed by atoms with van der Waals surface area (Å²) in [6.45, 7) is 8.13. The molecule has 0 aliphatic heterocycles. The van der Waals surface area contributed by atoms with E-state index in [9.17, 15) is 0 Å². The van der Waals surface area contributed by atoms with Crippen molar-refractivity contribution in [1.82, 2.24) is 4.98 Å². The van der Waals surface area contributed by atoms with Crippen LogP contribution in [0.25, 0.3) is 0 Å². The van der Waals surface area contributed by atoms with Crippen LogP contribution in [0.15, 0.2) is 12.1 Å². The fourth-order valence-electron chi connectivity index (χ4n) is 0.946. The third-order valence-corrected chi connectivity index (χ3v) is 1.56. The molecular formula is C10H18N2. The zero-order valence-electron chi connectivity index (χ0n) is 8.39. The summed E-state index contributed by atoms with van der Waals surface area (Å²) in [5, 5.41) is 0. The highest BCUT2D eigenvalue weighted by molar-refractivity contribution is 5.33. The largest absolute Gasteiger partial charge is 0.384 e. The minimum Gasteiger partial charge on any atom is -0.384 e. The molecule has 0 unspecified atom stereocenters. The molecule has 0 saturated carbocycles. The second kappa shape index (κ2) is 5.58. The summed E-state index contributed by atoms with van der Waals surface area (Å²) in [5.74, 6) is 0.613. The SMILES string of the molecule is CC.CCc1nc(N)ccc1C. The average Bonchev–Trinajstić information content (AvgIpc) is 2.13. The van der Waals surface area contributed by atoms with Crippen molar-refractivity contribution in [2.45, 2.75) is 34.1 Å². The number of pyridine rings is 1. The maximum absolute atomic E-state index is 5.49. The van der Waals surface area contributed by atoms with Gasteiger partial charge in [0.25, 0.3) is 0 Å². The maximum atomic E-state index is 5.49. The highest BCUT2D eigenvalue weighted by Gasteiger charge is 1.95. The van der Waals surface area contributed by atoms with Gasteiger partial charge in [0.15, 0.2) is 0 Å². The van der Waals surface area contributed by atoms with Crippen molar-refractivity contribution in [3.05, 3.63) is 23.4 Å². The van der Waals surface area contributed by atoms with Crippen LogP contribution in [0.3, 0.4) is 0 Å². The molecule has 0 radical (unpaired) electrons. The third-order valence-electron chi connectivity index (χ3n) is 1.56. The Hall–Kier alpha value is -1.05. The molecule has 2 nitrogen and oxygen atoms in total. The van der Waals surface area contributed by atoms with Crippen molar-refractivity contribution in [3.63, 3.8) is 0 Å². The van der Waals surface area contributed by atoms with Crippen molar-refractivity contribution in [3.8, 4) is 0 Å². The lowest BCUT2D eigenvalue weighted by Gasteiger charge is -2.00. The Morgan fingerprint density at radius 2 is 1.92 bits per heavy atom. The molecule has 68 valence electrons. The second-order valence-electron chi connectivity index (χ2n) is 2.35. The number of nitrogens with two attached hydrogens (primary N) is 1. The van der Waals surface area contributed by atoms with Gasteiger partial charge in [-0.05, 0) is 25.0 Å². The van der Waals surface area contributed by atoms with E-state index in [1.807, 2.05) is 32.9 Å². The van der Waals surface area contributed by atoms with E-state index in [1.54, 1.807) is 0 Å². The molecule has 2 heteroatoms. The fraction of sp³-hybridized carbons (Fsp3) is 0.500. The maximum Gasteiger partial charge on any atom is 0.123 e. The van der Waals surface area contributed by atoms with Crippen LogP contribution in [-0.4, -0.2) is 4.98 Å². The van der Waals surface area contributed by atoms with Gasteiger partial charge < -0.3 is 5.73 Å². The monoisotopic (exact) mass is 166 g/mol. The molecule has 1 heterocycles. The summed E-state index contributed by atoms with van der Waals surface area (Å²) in [4.78, 5) is 4.17. The number of nitrogen functional groups attached to an aromatic ring is 1. The van der Waals surface area contributed by atoms with Crippen LogP contribution in [0.2, 0.25) is 0 Å². The normalized spacial score (nSPS) is 8.67. The first kappa shape index (κ1) is 11.0. The van der Waals surface area contributed by atoms with Gasteiger partial charge in [0, 0.05) is 5.69 Å². The van der Waals surface area contributed by atoms with E-state index in [-0.39, 0.29) is 0 Å². The predicted molar refractivity (Wildman–Crippen MR) is 54.1 cm³/mol. The summed E-state index contributed by atoms with van der Waals surface area (Å²) in [6, 6.07) is 3.83. The summed E-state index contributed by atoms with van der Waals surface area (Å²) < 4.78 is 0. The number of aryl methyl sites for hydroxylation is 2. The molecule has 1 rings (SSSR count). The lowest BCUT2D eigenvalue weighted by Crippen LogP contribution is -1.96. The summed E-state index contributed by atoms with van der Waals surface area (Å²) in [6.07, 6.45) is 0.955. The van der Waals surface area contributed by atoms with Crippen LogP contribution < -0.4 is 5.73 Å². The van der Waals surface area contributed by atoms with Gasteiger partial charge in [-0.1, -0.05) is 26.8 Å². The highest BCUT2D eigenvalue weighted by atomic mass is 14.8. The molecule has 0 amide bonds. The zero-order chi connectivity index (χ0) is 9.56. The van der Waals surface area contributed by atoms with Crippen molar-refractivity contribution in [2.75, 3.05) is 5.73 Å². The van der Waals surface area contributed by atoms with Crippen LogP contribution >= 0.6 is 0 Å². The van der Waals surface area contributed by atoms with E-state index in [0.717, 1.165) is 12.1 Å². The van der Waals surface area contributed by atoms with Gasteiger partial charge in [0.1, 0.15) is 5.82 Å². The standard InChI is InChI=1S/C8H12N2.C2H6/c1-3-7-6(2)4-5-8(9)10-7;1-2/h4-5H,3H2,1-2H3,(H2,9,10);1-2H3. The number of hydrogen-bond donors (Lipinski definition) is 1. The van der Waals surface area contributed by atoms with Crippen LogP contribution in [0.5, 0.6) is 0 Å². The molecule has 2 N–H and O–H groups in total. The molecular weight excluding hydrogens is 148 g/mol. The van der Waals surface area contributed by atoms with Gasteiger partial charge in [-0.25, -0.2) is 4.98 Å². The van der Waals surface area contributed by atoms with Crippen molar-refractivity contribution in [1.29, 1.82) is 0 Å². The predicted octanol–water partition coefficient (Wildman–Crippen LogP) is 2.56. The summed E-state index contributed by atoms with van der Waals surface area (Å²) in [5.41, 5.74) is 7.81. The molecule has 0 aliphatic carbocycles. The Morgan fingerprint density at radius 1 is 1.33 bits per heavy atom. The molecule has 0 aliphatic rings. The van der Waals surface area contributed by atoms with Crippen molar-refractivity contribution in [2.24, 2.45) is 0 Å². The van der Waals surface area contributed by atoms with Crippen LogP contribution in [-0.2, 0) is 6.42 Å². The molecule has 1 aromatic rings. The lowest BCUT2D eigenvalue weighted by molar-refractivity contribution is 1.01. The van der Waals surface area contributed by atoms with E-state index < -0.39 is 0 Å². The van der Waals surface area contributed by atoms with Gasteiger partial charge in [-0.15, -0.1) is 0 Å². The first-order valence-electron chi connectivity index (χ1n) is 4.46. The number of aromatic nitrogens is 1. The number of anilines is 1. The first-order valence-corrected chi connectivity index (χ1v) is 4.46. The van der Waals surface area contributed by atoms with Gasteiger partial charge in [0.05, 0.1) is 0 Å². The molecule has 0 aromatic carbocycles. The topological polar surface area (TPSA) is 38.9 Å².